The fourth-order valence-corrected chi connectivity index (χ4v) is 5.98. The average Bonchev–Trinajstić information content (AvgIpc) is 3.48. The quantitative estimate of drug-likeness (QED) is 0.227. The third-order valence-electron chi connectivity index (χ3n) is 7.05. The Bertz CT molecular complexity index is 1810. The molecule has 7 rings (SSSR count). The summed E-state index contributed by atoms with van der Waals surface area (Å²) in [6, 6.07) is 32.8. The van der Waals surface area contributed by atoms with Crippen molar-refractivity contribution in [1.82, 2.24) is 15.0 Å². The van der Waals surface area contributed by atoms with Crippen LogP contribution in [0.15, 0.2) is 109 Å². The van der Waals surface area contributed by atoms with Gasteiger partial charge in [0.25, 0.3) is 0 Å². The lowest BCUT2D eigenvalue weighted by molar-refractivity contribution is 0.173. The number of rotatable bonds is 4. The Labute approximate surface area is 231 Å². The van der Waals surface area contributed by atoms with E-state index in [1.807, 2.05) is 74.5 Å². The van der Waals surface area contributed by atoms with Gasteiger partial charge in [0, 0.05) is 36.9 Å². The smallest absolute Gasteiger partial charge is 0.534 e. The number of fused-ring (bicyclic) bond motifs is 3. The van der Waals surface area contributed by atoms with Gasteiger partial charge >= 0.3 is 7.12 Å². The van der Waals surface area contributed by atoms with Crippen LogP contribution in [0.3, 0.4) is 0 Å². The molecule has 7 heteroatoms. The molecule has 0 radical (unpaired) electrons. The van der Waals surface area contributed by atoms with Crippen molar-refractivity contribution in [3.8, 4) is 34.2 Å². The Balaban J connectivity index is 1.44. The molecule has 1 fully saturated rings. The van der Waals surface area contributed by atoms with Gasteiger partial charge in [-0.3, -0.25) is 0 Å². The molecule has 0 bridgehead atoms. The molecule has 6 aromatic rings. The lowest BCUT2D eigenvalue weighted by Crippen LogP contribution is -2.34. The summed E-state index contributed by atoms with van der Waals surface area (Å²) in [7, 11) is -0.495. The van der Waals surface area contributed by atoms with Crippen LogP contribution in [-0.4, -0.2) is 27.7 Å². The van der Waals surface area contributed by atoms with E-state index in [2.05, 4.69) is 43.0 Å². The maximum absolute atomic E-state index is 6.18. The van der Waals surface area contributed by atoms with Crippen LogP contribution in [0.5, 0.6) is 0 Å². The molecule has 0 spiro atoms. The van der Waals surface area contributed by atoms with Crippen LogP contribution in [0.4, 0.5) is 0 Å². The molecule has 188 valence electrons. The summed E-state index contributed by atoms with van der Waals surface area (Å²) in [5, 5.41) is 2.23. The van der Waals surface area contributed by atoms with Crippen LogP contribution >= 0.6 is 11.3 Å². The highest BCUT2D eigenvalue weighted by molar-refractivity contribution is 7.26. The molecule has 0 atom stereocenters. The number of thiophene rings is 1. The number of aromatic nitrogens is 3. The number of nitrogens with zero attached hydrogens (tertiary/aromatic N) is 3. The van der Waals surface area contributed by atoms with Gasteiger partial charge < -0.3 is 9.31 Å². The number of benzene rings is 4. The van der Waals surface area contributed by atoms with Crippen LogP contribution < -0.4 is 5.46 Å². The fraction of sp³-hybridized carbons (Fsp3) is 0.0938. The van der Waals surface area contributed by atoms with Crippen LogP contribution in [0.1, 0.15) is 13.8 Å². The van der Waals surface area contributed by atoms with Crippen LogP contribution in [0, 0.1) is 0 Å². The van der Waals surface area contributed by atoms with Gasteiger partial charge in [-0.15, -0.1) is 11.3 Å². The highest BCUT2D eigenvalue weighted by Gasteiger charge is 2.42. The molecule has 0 amide bonds. The van der Waals surface area contributed by atoms with E-state index in [9.17, 15) is 0 Å². The molecule has 1 saturated heterocycles. The van der Waals surface area contributed by atoms with E-state index in [0.717, 1.165) is 32.9 Å². The van der Waals surface area contributed by atoms with Crippen LogP contribution in [-0.2, 0) is 9.31 Å². The SMILES string of the molecule is C=C1OB(c2ccc3sc4cccc(-c5nc(-c6ccccc6)nc(-c6ccccc6)n5)c4c3c2)OC1(C)C. The predicted octanol–water partition coefficient (Wildman–Crippen LogP) is 7.27. The Morgan fingerprint density at radius 3 is 1.97 bits per heavy atom. The highest BCUT2D eigenvalue weighted by atomic mass is 32.1. The van der Waals surface area contributed by atoms with E-state index in [0.29, 0.717) is 23.2 Å². The fourth-order valence-electron chi connectivity index (χ4n) is 4.87. The zero-order chi connectivity index (χ0) is 26.6. The second kappa shape index (κ2) is 9.15. The van der Waals surface area contributed by atoms with Crippen molar-refractivity contribution in [2.24, 2.45) is 0 Å². The molecule has 4 aromatic carbocycles. The van der Waals surface area contributed by atoms with Gasteiger partial charge in [0.1, 0.15) is 5.60 Å². The zero-order valence-corrected chi connectivity index (χ0v) is 22.4. The van der Waals surface area contributed by atoms with E-state index in [1.165, 1.54) is 9.40 Å². The lowest BCUT2D eigenvalue weighted by atomic mass is 9.78. The van der Waals surface area contributed by atoms with Crippen molar-refractivity contribution in [2.45, 2.75) is 19.4 Å². The minimum absolute atomic E-state index is 0.495. The second-order valence-electron chi connectivity index (χ2n) is 10.1. The topological polar surface area (TPSA) is 57.1 Å². The molecule has 39 heavy (non-hydrogen) atoms. The molecule has 5 nitrogen and oxygen atoms in total. The minimum Gasteiger partial charge on any atom is -0.534 e. The number of hydrogen-bond acceptors (Lipinski definition) is 6. The van der Waals surface area contributed by atoms with Crippen molar-refractivity contribution in [2.75, 3.05) is 0 Å². The molecule has 0 N–H and O–H groups in total. The normalized spacial score (nSPS) is 14.7. The maximum atomic E-state index is 6.18. The van der Waals surface area contributed by atoms with Gasteiger partial charge in [0.15, 0.2) is 17.5 Å². The summed E-state index contributed by atoms with van der Waals surface area (Å²) in [5.41, 5.74) is 3.27. The van der Waals surface area contributed by atoms with Gasteiger partial charge in [-0.05, 0) is 31.4 Å². The average molecular weight is 525 g/mol. The zero-order valence-electron chi connectivity index (χ0n) is 21.6. The van der Waals surface area contributed by atoms with Gasteiger partial charge in [-0.2, -0.15) is 0 Å². The van der Waals surface area contributed by atoms with Crippen molar-refractivity contribution >= 4 is 44.1 Å². The van der Waals surface area contributed by atoms with Crippen LogP contribution in [0.25, 0.3) is 54.3 Å². The van der Waals surface area contributed by atoms with Gasteiger partial charge in [-0.1, -0.05) is 91.5 Å². The van der Waals surface area contributed by atoms with Gasteiger partial charge in [0.2, 0.25) is 0 Å². The molecular weight excluding hydrogens is 501 g/mol. The summed E-state index contributed by atoms with van der Waals surface area (Å²) in [6.07, 6.45) is 0. The summed E-state index contributed by atoms with van der Waals surface area (Å²) in [5.74, 6) is 2.56. The van der Waals surface area contributed by atoms with Gasteiger partial charge in [-0.25, -0.2) is 15.0 Å². The van der Waals surface area contributed by atoms with E-state index < -0.39 is 12.7 Å². The first-order valence-electron chi connectivity index (χ1n) is 12.8. The molecule has 2 aromatic heterocycles. The standard InChI is InChI=1S/C32H24BN3O2S/c1-20-32(2,3)38-33(37-20)23-17-18-26-25(19-23)28-24(15-10-16-27(28)39-26)31-35-29(21-11-6-4-7-12-21)34-30(36-31)22-13-8-5-9-14-22/h4-19H,1H2,2-3H3. The molecule has 1 aliphatic rings. The van der Waals surface area contributed by atoms with Crippen molar-refractivity contribution in [3.05, 3.63) is 109 Å². The largest absolute Gasteiger partial charge is 0.563 e. The minimum atomic E-state index is -0.534. The van der Waals surface area contributed by atoms with Crippen molar-refractivity contribution < 1.29 is 9.31 Å². The summed E-state index contributed by atoms with van der Waals surface area (Å²) < 4.78 is 14.5. The molecule has 1 aliphatic heterocycles. The molecule has 0 unspecified atom stereocenters. The first kappa shape index (κ1) is 23.8. The first-order valence-corrected chi connectivity index (χ1v) is 13.6. The Morgan fingerprint density at radius 1 is 0.718 bits per heavy atom. The highest BCUT2D eigenvalue weighted by Crippen LogP contribution is 2.40. The Kier molecular flexibility index (Phi) is 5.58. The second-order valence-corrected chi connectivity index (χ2v) is 11.2. The molecular formula is C32H24BN3O2S. The number of hydrogen-bond donors (Lipinski definition) is 0. The van der Waals surface area contributed by atoms with Crippen molar-refractivity contribution in [3.63, 3.8) is 0 Å². The van der Waals surface area contributed by atoms with Crippen LogP contribution in [0.2, 0.25) is 0 Å². The molecule has 3 heterocycles. The summed E-state index contributed by atoms with van der Waals surface area (Å²) in [4.78, 5) is 14.8. The van der Waals surface area contributed by atoms with E-state index in [-0.39, 0.29) is 0 Å². The first-order chi connectivity index (χ1) is 19.0. The Hall–Kier alpha value is -4.33. The van der Waals surface area contributed by atoms with Crippen molar-refractivity contribution in [1.29, 1.82) is 0 Å². The lowest BCUT2D eigenvalue weighted by Gasteiger charge is -2.15. The van der Waals surface area contributed by atoms with E-state index in [1.54, 1.807) is 11.3 Å². The Morgan fingerprint density at radius 2 is 1.36 bits per heavy atom. The van der Waals surface area contributed by atoms with E-state index >= 15 is 0 Å². The third-order valence-corrected chi connectivity index (χ3v) is 8.19. The third kappa shape index (κ3) is 4.20. The maximum Gasteiger partial charge on any atom is 0.563 e. The molecule has 0 saturated carbocycles. The molecule has 0 aliphatic carbocycles. The monoisotopic (exact) mass is 525 g/mol. The summed E-state index contributed by atoms with van der Waals surface area (Å²) >= 11 is 1.75. The predicted molar refractivity (Wildman–Crippen MR) is 160 cm³/mol. The van der Waals surface area contributed by atoms with Gasteiger partial charge in [0.05, 0.1) is 5.76 Å². The summed E-state index contributed by atoms with van der Waals surface area (Å²) in [6.45, 7) is 7.98. The van der Waals surface area contributed by atoms with E-state index in [4.69, 9.17) is 24.3 Å².